The molecule has 3 saturated heterocycles. The number of fused-ring (bicyclic) bond motifs is 2. The summed E-state index contributed by atoms with van der Waals surface area (Å²) >= 11 is 0. The third-order valence-electron chi connectivity index (χ3n) is 16.8. The number of aryl methyl sites for hydroxylation is 4. The molecule has 4 amide bonds. The van der Waals surface area contributed by atoms with Crippen molar-refractivity contribution in [2.45, 2.75) is 109 Å². The van der Waals surface area contributed by atoms with E-state index in [0.29, 0.717) is 74.7 Å². The van der Waals surface area contributed by atoms with E-state index in [1.165, 1.54) is 59.2 Å². The average Bonchev–Trinajstić information content (AvgIpc) is 1.62. The van der Waals surface area contributed by atoms with Crippen molar-refractivity contribution in [3.05, 3.63) is 186 Å². The summed E-state index contributed by atoms with van der Waals surface area (Å²) in [6.07, 6.45) is 10.6. The predicted molar refractivity (Wildman–Crippen MR) is 362 cm³/mol. The van der Waals surface area contributed by atoms with E-state index in [4.69, 9.17) is 49.8 Å². The summed E-state index contributed by atoms with van der Waals surface area (Å²) in [6, 6.07) is 29.1. The molecule has 0 saturated carbocycles. The number of aromatic hydroxyl groups is 1. The number of carbonyl (C=O) groups is 4. The summed E-state index contributed by atoms with van der Waals surface area (Å²) in [6.45, 7) is 8.91. The fourth-order valence-corrected chi connectivity index (χ4v) is 11.7. The number of nitrogens with zero attached hydrogens (tertiary/aromatic N) is 12. The highest BCUT2D eigenvalue weighted by molar-refractivity contribution is 5.79. The van der Waals surface area contributed by atoms with Gasteiger partial charge in [-0.15, -0.1) is 0 Å². The fourth-order valence-electron chi connectivity index (χ4n) is 11.7. The van der Waals surface area contributed by atoms with Gasteiger partial charge in [0.1, 0.15) is 23.1 Å². The van der Waals surface area contributed by atoms with E-state index in [2.05, 4.69) is 48.9 Å². The molecule has 7 heterocycles. The molecule has 0 radical (unpaired) electrons. The maximum absolute atomic E-state index is 15.1. The number of phenolic OH excluding ortho intramolecular Hbond substituents is 1. The van der Waals surface area contributed by atoms with Gasteiger partial charge in [-0.3, -0.25) is 9.59 Å². The lowest BCUT2D eigenvalue weighted by molar-refractivity contribution is -0.144. The molecular weight excluding hydrogens is 1270 g/mol. The number of aliphatic hydroxyl groups is 1. The van der Waals surface area contributed by atoms with Crippen LogP contribution in [0.15, 0.2) is 119 Å². The smallest absolute Gasteiger partial charge is 0.320 e. The lowest BCUT2D eigenvalue weighted by Crippen LogP contribution is -2.36. The van der Waals surface area contributed by atoms with Gasteiger partial charge in [-0.25, -0.2) is 28.3 Å². The van der Waals surface area contributed by atoms with Crippen LogP contribution >= 0.6 is 0 Å². The molecule has 0 unspecified atom stereocenters. The van der Waals surface area contributed by atoms with E-state index in [-0.39, 0.29) is 63.9 Å². The highest BCUT2D eigenvalue weighted by atomic mass is 19.1. The minimum absolute atomic E-state index is 0.00412. The van der Waals surface area contributed by atoms with Gasteiger partial charge in [0.15, 0.2) is 36.6 Å². The lowest BCUT2D eigenvalue weighted by atomic mass is 10.0. The van der Waals surface area contributed by atoms with E-state index in [0.717, 1.165) is 112 Å². The van der Waals surface area contributed by atoms with Crippen molar-refractivity contribution in [3.8, 4) is 23.0 Å². The van der Waals surface area contributed by atoms with Crippen LogP contribution in [0.25, 0.3) is 20.9 Å². The Labute approximate surface area is 568 Å². The predicted octanol–water partition coefficient (Wildman–Crippen LogP) is 12.0. The molecule has 2 atom stereocenters. The highest BCUT2D eigenvalue weighted by Crippen LogP contribution is 2.34. The molecule has 0 bridgehead atoms. The van der Waals surface area contributed by atoms with Crippen LogP contribution in [0.3, 0.4) is 0 Å². The fraction of sp³-hybridized carbons (Fsp3) is 0.457. The van der Waals surface area contributed by atoms with Crippen LogP contribution in [-0.4, -0.2) is 168 Å². The molecule has 3 fully saturated rings. The van der Waals surface area contributed by atoms with Crippen molar-refractivity contribution in [2.24, 2.45) is 10.2 Å². The van der Waals surface area contributed by atoms with Gasteiger partial charge in [0.2, 0.25) is 0 Å². The molecule has 5 aliphatic rings. The number of halogens is 2. The monoisotopic (exact) mass is 1350 g/mol. The third kappa shape index (κ3) is 22.7. The zero-order chi connectivity index (χ0) is 69.4. The molecule has 0 spiro atoms. The first kappa shape index (κ1) is 73.7. The Kier molecular flexibility index (Phi) is 29.4. The molecule has 522 valence electrons. The number of aliphatic hydroxyl groups excluding tert-OH is 1. The number of hydrogen-bond acceptors (Lipinski definition) is 17. The maximum Gasteiger partial charge on any atom is 0.320 e. The van der Waals surface area contributed by atoms with Crippen molar-refractivity contribution in [1.29, 1.82) is 0 Å². The molecular formula is C70H86F2N14O12. The Balaban J connectivity index is 0.000000201. The number of rotatable bonds is 29. The summed E-state index contributed by atoms with van der Waals surface area (Å²) in [7, 11) is 0. The second-order valence-electron chi connectivity index (χ2n) is 23.5. The van der Waals surface area contributed by atoms with E-state index < -0.39 is 41.4 Å². The number of amides is 4. The molecule has 4 aromatic carbocycles. The van der Waals surface area contributed by atoms with Crippen molar-refractivity contribution >= 4 is 35.6 Å². The second-order valence-corrected chi connectivity index (χ2v) is 23.5. The number of nitrogens with one attached hydrogen (secondary N) is 2. The lowest BCUT2D eigenvalue weighted by Gasteiger charge is -2.28. The molecule has 5 N–H and O–H groups in total. The normalized spacial score (nSPS) is 14.9. The summed E-state index contributed by atoms with van der Waals surface area (Å²) in [5.41, 5.74) is 23.6. The van der Waals surface area contributed by atoms with Gasteiger partial charge in [-0.2, -0.15) is 0 Å². The first-order valence-electron chi connectivity index (χ1n) is 33.2. The van der Waals surface area contributed by atoms with Gasteiger partial charge in [-0.05, 0) is 183 Å². The topological polar surface area (TPSA) is 335 Å². The summed E-state index contributed by atoms with van der Waals surface area (Å²) in [5.74, 6) is -0.251. The number of hydrogen-bond donors (Lipinski definition) is 5. The van der Waals surface area contributed by atoms with Crippen LogP contribution in [0.5, 0.6) is 23.0 Å². The van der Waals surface area contributed by atoms with Crippen LogP contribution in [0.2, 0.25) is 0 Å². The minimum atomic E-state index is -1.08. The van der Waals surface area contributed by atoms with Crippen LogP contribution < -0.4 is 24.8 Å². The third-order valence-corrected chi connectivity index (χ3v) is 16.8. The Morgan fingerprint density at radius 1 is 0.643 bits per heavy atom. The van der Waals surface area contributed by atoms with Gasteiger partial charge < -0.3 is 69.2 Å². The average molecular weight is 1350 g/mol. The number of carbonyl (C=O) groups excluding carboxylic acids is 3. The number of carboxylic acids is 1. The molecule has 28 heteroatoms. The molecule has 5 aliphatic heterocycles. The Morgan fingerprint density at radius 2 is 1.15 bits per heavy atom. The summed E-state index contributed by atoms with van der Waals surface area (Å²) in [5, 5.41) is 41.1. The highest BCUT2D eigenvalue weighted by Gasteiger charge is 2.37. The quantitative estimate of drug-likeness (QED) is 0.0126. The Bertz CT molecular complexity index is 3660. The largest absolute Gasteiger partial charge is 0.505 e. The van der Waals surface area contributed by atoms with E-state index in [1.54, 1.807) is 52.0 Å². The van der Waals surface area contributed by atoms with Crippen molar-refractivity contribution in [1.82, 2.24) is 29.6 Å². The number of ether oxygens (including phenoxy) is 5. The van der Waals surface area contributed by atoms with Crippen LogP contribution in [0, 0.1) is 11.6 Å². The molecule has 0 aliphatic carbocycles. The number of benzene rings is 4. The maximum atomic E-state index is 15.1. The van der Waals surface area contributed by atoms with Crippen LogP contribution in [-0.2, 0) is 57.6 Å². The van der Waals surface area contributed by atoms with Gasteiger partial charge in [0.25, 0.3) is 0 Å². The summed E-state index contributed by atoms with van der Waals surface area (Å²) < 4.78 is 55.2. The molecule has 2 aromatic heterocycles. The van der Waals surface area contributed by atoms with Crippen LogP contribution in [0.4, 0.5) is 30.0 Å². The number of phenols is 1. The number of aromatic nitrogens is 2. The van der Waals surface area contributed by atoms with E-state index in [1.807, 2.05) is 30.3 Å². The van der Waals surface area contributed by atoms with Gasteiger partial charge in [0.05, 0.1) is 38.1 Å². The number of azide groups is 2. The molecule has 6 aromatic rings. The zero-order valence-electron chi connectivity index (χ0n) is 55.2. The van der Waals surface area contributed by atoms with Gasteiger partial charge >= 0.3 is 24.0 Å². The number of aliphatic carboxylic acids is 1. The second kappa shape index (κ2) is 39.2. The number of pyridine rings is 2. The number of carboxylic acid groups (broad SMARTS) is 1. The van der Waals surface area contributed by atoms with Gasteiger partial charge in [0, 0.05) is 99.8 Å². The number of anilines is 2. The SMILES string of the molecule is C1CCOC1.CCOC(=O)C[C@@H](c1ccc(O)c(F)c1)N1CCN(CCCc2ccc3c(n2)NCCC3)C1=O.[N-]=[N+]=NCOc1ccc(CCO)cc1.[N-]=[N+]=NCOc1ccc(CCOc2ccc([C@H](CC(=O)O)N3CCN(CCCc4ccc5c(n4)NCCC5)C3=O)cc2F)cc1. The van der Waals surface area contributed by atoms with Crippen molar-refractivity contribution < 1.29 is 67.0 Å². The van der Waals surface area contributed by atoms with E-state index >= 15 is 4.39 Å². The Hall–Kier alpha value is -10.1. The van der Waals surface area contributed by atoms with Crippen molar-refractivity contribution in [3.63, 3.8) is 0 Å². The summed E-state index contributed by atoms with van der Waals surface area (Å²) in [4.78, 5) is 71.7. The number of esters is 1. The Morgan fingerprint density at radius 3 is 1.62 bits per heavy atom. The van der Waals surface area contributed by atoms with Gasteiger partial charge in [-0.1, -0.05) is 58.8 Å². The van der Waals surface area contributed by atoms with Crippen LogP contribution in [0.1, 0.15) is 115 Å². The molecule has 11 rings (SSSR count). The molecule has 98 heavy (non-hydrogen) atoms. The van der Waals surface area contributed by atoms with Crippen molar-refractivity contribution in [2.75, 3.05) is 109 Å². The minimum Gasteiger partial charge on any atom is -0.505 e. The molecule has 26 nitrogen and oxygen atoms in total. The van der Waals surface area contributed by atoms with E-state index in [9.17, 15) is 33.8 Å². The first-order chi connectivity index (χ1) is 47.7. The standard InChI is InChI=1S/C32H36FN7O5.C25H31FN4O4.C9H11N3O2.C4H8O/c33-27-19-24(8-12-29(27)44-18-13-22-5-10-26(11-6-22)45-21-36-38-34)28(20-30(41)42)40-17-16-39(32(40)43)15-2-4-25-9-7-23-3-1-14-35-31(23)37-25;1-2-34-23(32)16-21(18-8-10-22(31)20(26)15-18)30-14-13-29(25(30)33)12-4-6-19-9-7-17-5-3-11-27-24(17)28-19;10-12-11-7-14-9-3-1-8(2-4-9)5-6-13;1-2-4-5-3-1/h5-12,19,28H,1-4,13-18,20-21H2,(H,35,37)(H,41,42);7-10,15,21,31H,2-6,11-14,16H2,1H3,(H,27,28);1-4,13H,5-7H2;1-4H2/t28-;21-;;/m00../s1. The first-order valence-corrected chi connectivity index (χ1v) is 33.2. The number of urea groups is 2. The zero-order valence-corrected chi connectivity index (χ0v) is 55.2.